The highest BCUT2D eigenvalue weighted by molar-refractivity contribution is 5.96. The molecule has 0 aromatic heterocycles. The largest absolute Gasteiger partial charge is 0.326 e. The van der Waals surface area contributed by atoms with E-state index in [9.17, 15) is 9.59 Å². The second-order valence-electron chi connectivity index (χ2n) is 7.86. The van der Waals surface area contributed by atoms with Crippen molar-refractivity contribution in [1.29, 1.82) is 0 Å². The summed E-state index contributed by atoms with van der Waals surface area (Å²) in [5.41, 5.74) is 3.96. The third-order valence-electron chi connectivity index (χ3n) is 5.71. The fourth-order valence-corrected chi connectivity index (χ4v) is 3.75. The number of urea groups is 1. The second kappa shape index (κ2) is 8.05. The molecule has 1 N–H and O–H groups in total. The minimum absolute atomic E-state index is 0.0225. The Bertz CT molecular complexity index is 858. The lowest BCUT2D eigenvalue weighted by molar-refractivity contribution is -0.122. The molecule has 1 heterocycles. The number of anilines is 2. The summed E-state index contributed by atoms with van der Waals surface area (Å²) >= 11 is 0. The Kier molecular flexibility index (Phi) is 5.33. The average Bonchev–Trinajstić information content (AvgIpc) is 2.64. The van der Waals surface area contributed by atoms with Gasteiger partial charge in [-0.05, 0) is 49.9 Å². The normalized spacial score (nSPS) is 17.4. The Morgan fingerprint density at radius 2 is 1.86 bits per heavy atom. The monoisotopic (exact) mass is 377 g/mol. The molecule has 4 rings (SSSR count). The second-order valence-corrected chi connectivity index (χ2v) is 7.86. The summed E-state index contributed by atoms with van der Waals surface area (Å²) in [7, 11) is 0. The molecule has 3 amide bonds. The number of hydrogen-bond donors (Lipinski definition) is 1. The van der Waals surface area contributed by atoms with Crippen LogP contribution in [0.2, 0.25) is 0 Å². The van der Waals surface area contributed by atoms with E-state index in [0.29, 0.717) is 13.1 Å². The van der Waals surface area contributed by atoms with Crippen LogP contribution < -0.4 is 10.2 Å². The van der Waals surface area contributed by atoms with Crippen LogP contribution >= 0.6 is 0 Å². The molecule has 2 fully saturated rings. The standard InChI is InChI=1S/C23H27N3O2/c1-17-9-11-18(12-10-17)16-25-13-4-14-26(23(25)28)21-8-3-7-20(15-21)24-22(27)19-5-2-6-19/h3,7-12,15,19H,2,4-6,13-14,16H2,1H3,(H,24,27). The maximum atomic E-state index is 13.1. The van der Waals surface area contributed by atoms with Crippen LogP contribution in [0.15, 0.2) is 48.5 Å². The number of carbonyl (C=O) groups is 2. The van der Waals surface area contributed by atoms with E-state index in [4.69, 9.17) is 0 Å². The molecule has 5 heteroatoms. The number of carbonyl (C=O) groups excluding carboxylic acids is 2. The smallest absolute Gasteiger partial charge is 0.324 e. The number of nitrogens with zero attached hydrogens (tertiary/aromatic N) is 2. The highest BCUT2D eigenvalue weighted by Crippen LogP contribution is 2.29. The molecular weight excluding hydrogens is 350 g/mol. The lowest BCUT2D eigenvalue weighted by atomic mass is 9.85. The maximum Gasteiger partial charge on any atom is 0.324 e. The zero-order valence-electron chi connectivity index (χ0n) is 16.4. The summed E-state index contributed by atoms with van der Waals surface area (Å²) in [6.07, 6.45) is 4.02. The highest BCUT2D eigenvalue weighted by Gasteiger charge is 2.28. The van der Waals surface area contributed by atoms with Gasteiger partial charge < -0.3 is 10.2 Å². The molecule has 2 aliphatic rings. The van der Waals surface area contributed by atoms with E-state index in [1.807, 2.05) is 34.1 Å². The van der Waals surface area contributed by atoms with Crippen LogP contribution in [0.4, 0.5) is 16.2 Å². The fourth-order valence-electron chi connectivity index (χ4n) is 3.75. The number of nitrogens with one attached hydrogen (secondary N) is 1. The molecule has 1 aliphatic heterocycles. The van der Waals surface area contributed by atoms with Crippen molar-refractivity contribution >= 4 is 23.3 Å². The molecular formula is C23H27N3O2. The number of aryl methyl sites for hydroxylation is 1. The molecule has 0 unspecified atom stereocenters. The van der Waals surface area contributed by atoms with Gasteiger partial charge in [-0.1, -0.05) is 42.3 Å². The van der Waals surface area contributed by atoms with Crippen molar-refractivity contribution in [2.75, 3.05) is 23.3 Å². The number of rotatable bonds is 5. The predicted octanol–water partition coefficient (Wildman–Crippen LogP) is 4.57. The molecule has 1 saturated heterocycles. The molecule has 0 bridgehead atoms. The van der Waals surface area contributed by atoms with Crippen molar-refractivity contribution in [2.24, 2.45) is 5.92 Å². The summed E-state index contributed by atoms with van der Waals surface area (Å²) in [5.74, 6) is 0.236. The van der Waals surface area contributed by atoms with Gasteiger partial charge in [-0.25, -0.2) is 4.79 Å². The first kappa shape index (κ1) is 18.5. The van der Waals surface area contributed by atoms with Crippen LogP contribution in [0, 0.1) is 12.8 Å². The Morgan fingerprint density at radius 1 is 1.07 bits per heavy atom. The molecule has 1 aliphatic carbocycles. The molecule has 1 saturated carbocycles. The summed E-state index contributed by atoms with van der Waals surface area (Å²) in [4.78, 5) is 29.0. The summed E-state index contributed by atoms with van der Waals surface area (Å²) < 4.78 is 0. The third-order valence-corrected chi connectivity index (χ3v) is 5.71. The number of amides is 3. The average molecular weight is 377 g/mol. The van der Waals surface area contributed by atoms with Gasteiger partial charge in [-0.3, -0.25) is 9.69 Å². The lowest BCUT2D eigenvalue weighted by Gasteiger charge is -2.36. The Balaban J connectivity index is 1.45. The zero-order chi connectivity index (χ0) is 19.5. The third kappa shape index (κ3) is 4.03. The van der Waals surface area contributed by atoms with Gasteiger partial charge in [0.1, 0.15) is 0 Å². The van der Waals surface area contributed by atoms with Gasteiger partial charge in [0.05, 0.1) is 0 Å². The van der Waals surface area contributed by atoms with Crippen LogP contribution in [0.5, 0.6) is 0 Å². The molecule has 0 spiro atoms. The van der Waals surface area contributed by atoms with E-state index in [0.717, 1.165) is 49.2 Å². The van der Waals surface area contributed by atoms with E-state index in [-0.39, 0.29) is 17.9 Å². The van der Waals surface area contributed by atoms with Gasteiger partial charge in [0.25, 0.3) is 0 Å². The Morgan fingerprint density at radius 3 is 2.57 bits per heavy atom. The van der Waals surface area contributed by atoms with E-state index in [1.165, 1.54) is 5.56 Å². The van der Waals surface area contributed by atoms with Gasteiger partial charge in [-0.2, -0.15) is 0 Å². The quantitative estimate of drug-likeness (QED) is 0.830. The number of benzene rings is 2. The van der Waals surface area contributed by atoms with Gasteiger partial charge in [0.15, 0.2) is 0 Å². The minimum Gasteiger partial charge on any atom is -0.326 e. The van der Waals surface area contributed by atoms with Crippen molar-refractivity contribution in [3.05, 3.63) is 59.7 Å². The topological polar surface area (TPSA) is 52.6 Å². The van der Waals surface area contributed by atoms with Gasteiger partial charge in [-0.15, -0.1) is 0 Å². The minimum atomic E-state index is 0.0225. The van der Waals surface area contributed by atoms with Crippen LogP contribution in [0.1, 0.15) is 36.8 Å². The fraction of sp³-hybridized carbons (Fsp3) is 0.391. The first-order chi connectivity index (χ1) is 13.6. The molecule has 28 heavy (non-hydrogen) atoms. The van der Waals surface area contributed by atoms with E-state index < -0.39 is 0 Å². The van der Waals surface area contributed by atoms with Crippen molar-refractivity contribution < 1.29 is 9.59 Å². The van der Waals surface area contributed by atoms with Crippen LogP contribution in [-0.4, -0.2) is 29.9 Å². The lowest BCUT2D eigenvalue weighted by Crippen LogP contribution is -2.49. The SMILES string of the molecule is Cc1ccc(CN2CCCN(c3cccc(NC(=O)C4CCC4)c3)C2=O)cc1. The van der Waals surface area contributed by atoms with Gasteiger partial charge >= 0.3 is 6.03 Å². The van der Waals surface area contributed by atoms with Crippen LogP contribution in [0.25, 0.3) is 0 Å². The van der Waals surface area contributed by atoms with Crippen molar-refractivity contribution in [1.82, 2.24) is 4.90 Å². The van der Waals surface area contributed by atoms with Crippen molar-refractivity contribution in [3.63, 3.8) is 0 Å². The van der Waals surface area contributed by atoms with Crippen molar-refractivity contribution in [2.45, 2.75) is 39.2 Å². The predicted molar refractivity (Wildman–Crippen MR) is 111 cm³/mol. The highest BCUT2D eigenvalue weighted by atomic mass is 16.2. The van der Waals surface area contributed by atoms with Crippen LogP contribution in [-0.2, 0) is 11.3 Å². The van der Waals surface area contributed by atoms with Crippen LogP contribution in [0.3, 0.4) is 0 Å². The summed E-state index contributed by atoms with van der Waals surface area (Å²) in [6, 6.07) is 16.0. The van der Waals surface area contributed by atoms with E-state index >= 15 is 0 Å². The molecule has 0 atom stereocenters. The maximum absolute atomic E-state index is 13.1. The summed E-state index contributed by atoms with van der Waals surface area (Å²) in [6.45, 7) is 4.15. The molecule has 2 aromatic carbocycles. The number of hydrogen-bond acceptors (Lipinski definition) is 2. The first-order valence-corrected chi connectivity index (χ1v) is 10.1. The molecule has 5 nitrogen and oxygen atoms in total. The molecule has 2 aromatic rings. The van der Waals surface area contributed by atoms with Crippen molar-refractivity contribution in [3.8, 4) is 0 Å². The van der Waals surface area contributed by atoms with E-state index in [1.54, 1.807) is 0 Å². The zero-order valence-corrected chi connectivity index (χ0v) is 16.4. The molecule has 0 radical (unpaired) electrons. The molecule has 146 valence electrons. The first-order valence-electron chi connectivity index (χ1n) is 10.1. The Hall–Kier alpha value is -2.82. The van der Waals surface area contributed by atoms with Gasteiger partial charge in [0, 0.05) is 36.9 Å². The summed E-state index contributed by atoms with van der Waals surface area (Å²) in [5, 5.41) is 3.00. The van der Waals surface area contributed by atoms with Gasteiger partial charge in [0.2, 0.25) is 5.91 Å². The van der Waals surface area contributed by atoms with E-state index in [2.05, 4.69) is 36.5 Å². The Labute approximate surface area is 166 Å².